The molecule has 0 aromatic heterocycles. The van der Waals surface area contributed by atoms with Gasteiger partial charge in [-0.15, -0.1) is 0 Å². The summed E-state index contributed by atoms with van der Waals surface area (Å²) in [7, 11) is 0. The van der Waals surface area contributed by atoms with Crippen LogP contribution in [0.25, 0.3) is 0 Å². The van der Waals surface area contributed by atoms with Gasteiger partial charge in [-0.3, -0.25) is 14.4 Å². The molecular formula is C25H29N3O3. The maximum atomic E-state index is 12.7. The van der Waals surface area contributed by atoms with Crippen LogP contribution in [0.15, 0.2) is 48.5 Å². The second kappa shape index (κ2) is 9.33. The number of benzene rings is 2. The Balaban J connectivity index is 1.41. The molecule has 1 heterocycles. The van der Waals surface area contributed by atoms with Crippen molar-refractivity contribution in [1.29, 1.82) is 0 Å². The fourth-order valence-electron chi connectivity index (χ4n) is 4.35. The van der Waals surface area contributed by atoms with Crippen LogP contribution in [0.3, 0.4) is 0 Å². The molecule has 0 radical (unpaired) electrons. The molecule has 1 atom stereocenters. The Hall–Kier alpha value is -3.15. The van der Waals surface area contributed by atoms with Crippen molar-refractivity contribution in [2.45, 2.75) is 51.5 Å². The van der Waals surface area contributed by atoms with Gasteiger partial charge in [0, 0.05) is 35.9 Å². The normalized spacial score (nSPS) is 19.3. The van der Waals surface area contributed by atoms with Crippen molar-refractivity contribution >= 4 is 29.1 Å². The van der Waals surface area contributed by atoms with E-state index in [1.165, 1.54) is 6.42 Å². The molecule has 0 spiro atoms. The molecule has 1 aliphatic heterocycles. The number of carbonyl (C=O) groups excluding carboxylic acids is 3. The Labute approximate surface area is 183 Å². The Bertz CT molecular complexity index is 964. The maximum Gasteiger partial charge on any atom is 0.255 e. The van der Waals surface area contributed by atoms with Gasteiger partial charge in [-0.25, -0.2) is 0 Å². The van der Waals surface area contributed by atoms with Gasteiger partial charge in [-0.05, 0) is 50.1 Å². The molecule has 0 unspecified atom stereocenters. The summed E-state index contributed by atoms with van der Waals surface area (Å²) in [6, 6.07) is 14.8. The highest BCUT2D eigenvalue weighted by Gasteiger charge is 2.36. The Kier molecular flexibility index (Phi) is 6.35. The molecule has 6 nitrogen and oxygen atoms in total. The Morgan fingerprint density at radius 3 is 2.48 bits per heavy atom. The average Bonchev–Trinajstić information content (AvgIpc) is 3.18. The van der Waals surface area contributed by atoms with Crippen molar-refractivity contribution < 1.29 is 14.4 Å². The van der Waals surface area contributed by atoms with Gasteiger partial charge in [0.05, 0.1) is 5.92 Å². The lowest BCUT2D eigenvalue weighted by molar-refractivity contribution is -0.127. The molecule has 1 saturated carbocycles. The van der Waals surface area contributed by atoms with Crippen LogP contribution in [-0.2, 0) is 9.59 Å². The van der Waals surface area contributed by atoms with Crippen LogP contribution in [0, 0.1) is 12.8 Å². The molecule has 1 aliphatic carbocycles. The van der Waals surface area contributed by atoms with E-state index in [9.17, 15) is 14.4 Å². The second-order valence-corrected chi connectivity index (χ2v) is 8.62. The highest BCUT2D eigenvalue weighted by Crippen LogP contribution is 2.27. The molecule has 2 aromatic carbocycles. The van der Waals surface area contributed by atoms with Gasteiger partial charge >= 0.3 is 0 Å². The molecule has 2 aliphatic rings. The molecule has 2 N–H and O–H groups in total. The predicted octanol–water partition coefficient (Wildman–Crippen LogP) is 4.05. The fourth-order valence-corrected chi connectivity index (χ4v) is 4.35. The maximum absolute atomic E-state index is 12.7. The smallest absolute Gasteiger partial charge is 0.255 e. The summed E-state index contributed by atoms with van der Waals surface area (Å²) < 4.78 is 0. The van der Waals surface area contributed by atoms with Gasteiger partial charge in [-0.1, -0.05) is 43.0 Å². The number of anilines is 2. The first kappa shape index (κ1) is 21.1. The Morgan fingerprint density at radius 2 is 1.74 bits per heavy atom. The number of nitrogens with one attached hydrogen (secondary N) is 2. The van der Waals surface area contributed by atoms with Crippen LogP contribution in [0.4, 0.5) is 11.4 Å². The number of aryl methyl sites for hydroxylation is 1. The quantitative estimate of drug-likeness (QED) is 0.767. The van der Waals surface area contributed by atoms with Crippen molar-refractivity contribution in [2.24, 2.45) is 5.92 Å². The second-order valence-electron chi connectivity index (χ2n) is 8.62. The van der Waals surface area contributed by atoms with E-state index in [0.29, 0.717) is 17.8 Å². The van der Waals surface area contributed by atoms with Crippen LogP contribution in [0.1, 0.15) is 54.4 Å². The molecule has 4 rings (SSSR count). The first-order chi connectivity index (χ1) is 15.0. The van der Waals surface area contributed by atoms with Gasteiger partial charge in [0.2, 0.25) is 11.8 Å². The monoisotopic (exact) mass is 419 g/mol. The van der Waals surface area contributed by atoms with Crippen molar-refractivity contribution in [1.82, 2.24) is 5.32 Å². The lowest BCUT2D eigenvalue weighted by Crippen LogP contribution is -2.40. The summed E-state index contributed by atoms with van der Waals surface area (Å²) >= 11 is 0. The van der Waals surface area contributed by atoms with Crippen LogP contribution in [0.2, 0.25) is 0 Å². The van der Waals surface area contributed by atoms with Crippen molar-refractivity contribution in [3.8, 4) is 0 Å². The molecule has 31 heavy (non-hydrogen) atoms. The average molecular weight is 420 g/mol. The molecular weight excluding hydrogens is 390 g/mol. The van der Waals surface area contributed by atoms with E-state index < -0.39 is 0 Å². The largest absolute Gasteiger partial charge is 0.353 e. The van der Waals surface area contributed by atoms with E-state index >= 15 is 0 Å². The zero-order valence-corrected chi connectivity index (χ0v) is 17.9. The molecule has 6 heteroatoms. The third kappa shape index (κ3) is 5.13. The van der Waals surface area contributed by atoms with Crippen LogP contribution in [-0.4, -0.2) is 30.3 Å². The number of rotatable bonds is 5. The van der Waals surface area contributed by atoms with Gasteiger partial charge < -0.3 is 15.5 Å². The van der Waals surface area contributed by atoms with Crippen LogP contribution in [0.5, 0.6) is 0 Å². The predicted molar refractivity (Wildman–Crippen MR) is 121 cm³/mol. The number of carbonyl (C=O) groups is 3. The van der Waals surface area contributed by atoms with Gasteiger partial charge in [0.25, 0.3) is 5.91 Å². The molecule has 3 amide bonds. The van der Waals surface area contributed by atoms with E-state index in [1.54, 1.807) is 23.1 Å². The van der Waals surface area contributed by atoms with Gasteiger partial charge in [-0.2, -0.15) is 0 Å². The third-order valence-corrected chi connectivity index (χ3v) is 6.18. The zero-order valence-electron chi connectivity index (χ0n) is 17.9. The third-order valence-electron chi connectivity index (χ3n) is 6.18. The lowest BCUT2D eigenvalue weighted by Gasteiger charge is -2.24. The van der Waals surface area contributed by atoms with Crippen molar-refractivity contribution in [3.63, 3.8) is 0 Å². The van der Waals surface area contributed by atoms with E-state index in [-0.39, 0.29) is 36.1 Å². The highest BCUT2D eigenvalue weighted by molar-refractivity contribution is 6.06. The van der Waals surface area contributed by atoms with Crippen LogP contribution >= 0.6 is 0 Å². The highest BCUT2D eigenvalue weighted by atomic mass is 16.2. The van der Waals surface area contributed by atoms with Crippen LogP contribution < -0.4 is 15.5 Å². The van der Waals surface area contributed by atoms with Gasteiger partial charge in [0.15, 0.2) is 0 Å². The number of hydrogen-bond acceptors (Lipinski definition) is 3. The fraction of sp³-hybridized carbons (Fsp3) is 0.400. The number of nitrogens with zero attached hydrogens (tertiary/aromatic N) is 1. The minimum Gasteiger partial charge on any atom is -0.353 e. The summed E-state index contributed by atoms with van der Waals surface area (Å²) in [5.41, 5.74) is 2.96. The number of hydrogen-bond donors (Lipinski definition) is 2. The van der Waals surface area contributed by atoms with E-state index in [2.05, 4.69) is 10.6 Å². The summed E-state index contributed by atoms with van der Waals surface area (Å²) in [4.78, 5) is 39.6. The first-order valence-corrected chi connectivity index (χ1v) is 11.1. The molecule has 162 valence electrons. The van der Waals surface area contributed by atoms with Crippen molar-refractivity contribution in [3.05, 3.63) is 59.7 Å². The van der Waals surface area contributed by atoms with Crippen molar-refractivity contribution in [2.75, 3.05) is 16.8 Å². The standard InChI is InChI=1S/C25H29N3O3/c1-17-10-12-21(13-11-17)27-24(30)18-6-5-9-22(14-18)28-16-19(15-23(28)29)25(31)26-20-7-3-2-4-8-20/h5-6,9-14,19-20H,2-4,7-8,15-16H2,1H3,(H,26,31)(H,27,30)/t19-/m0/s1. The molecule has 0 bridgehead atoms. The summed E-state index contributed by atoms with van der Waals surface area (Å²) in [6.07, 6.45) is 5.78. The summed E-state index contributed by atoms with van der Waals surface area (Å²) in [6.45, 7) is 2.34. The summed E-state index contributed by atoms with van der Waals surface area (Å²) in [5, 5.41) is 6.01. The molecule has 2 aromatic rings. The molecule has 2 fully saturated rings. The minimum absolute atomic E-state index is 0.0315. The molecule has 1 saturated heterocycles. The van der Waals surface area contributed by atoms with Gasteiger partial charge in [0.1, 0.15) is 0 Å². The van der Waals surface area contributed by atoms with E-state index in [4.69, 9.17) is 0 Å². The minimum atomic E-state index is -0.348. The topological polar surface area (TPSA) is 78.5 Å². The zero-order chi connectivity index (χ0) is 21.8. The summed E-state index contributed by atoms with van der Waals surface area (Å²) in [5.74, 6) is -0.695. The first-order valence-electron chi connectivity index (χ1n) is 11.1. The number of amides is 3. The van der Waals surface area contributed by atoms with E-state index in [1.807, 2.05) is 37.3 Å². The Morgan fingerprint density at radius 1 is 1.00 bits per heavy atom. The lowest BCUT2D eigenvalue weighted by atomic mass is 9.95. The van der Waals surface area contributed by atoms with E-state index in [0.717, 1.165) is 36.9 Å². The SMILES string of the molecule is Cc1ccc(NC(=O)c2cccc(N3C[C@@H](C(=O)NC4CCCCC4)CC3=O)c2)cc1.